The van der Waals surface area contributed by atoms with Crippen LogP contribution < -0.4 is 5.32 Å². The zero-order valence-electron chi connectivity index (χ0n) is 16.0. The van der Waals surface area contributed by atoms with E-state index in [1.807, 2.05) is 12.1 Å². The summed E-state index contributed by atoms with van der Waals surface area (Å²) in [6, 6.07) is 31.4. The zero-order valence-corrected chi connectivity index (χ0v) is 16.7. The summed E-state index contributed by atoms with van der Waals surface area (Å²) < 4.78 is 0. The molecular weight excluding hydrogens is 376 g/mol. The molecule has 0 aromatic heterocycles. The van der Waals surface area contributed by atoms with Gasteiger partial charge in [-0.05, 0) is 17.0 Å². The standard InChI is InChI=1S/C26H21ClN2/c27-16-20-17-28-24-15-23(21-13-7-8-14-22(21)25(20)24)29-26(18-9-3-1-4-10-18)19-11-5-2-6-12-19/h1-15,20,28H,16-17H2/t20-/m1/s1. The molecule has 4 aromatic rings. The smallest absolute Gasteiger partial charge is 0.0781 e. The molecule has 1 aliphatic heterocycles. The molecule has 5 rings (SSSR count). The number of nitrogens with one attached hydrogen (secondary N) is 1. The fourth-order valence-electron chi connectivity index (χ4n) is 4.13. The maximum Gasteiger partial charge on any atom is 0.0781 e. The first-order valence-corrected chi connectivity index (χ1v) is 10.4. The summed E-state index contributed by atoms with van der Waals surface area (Å²) in [5.41, 5.74) is 6.63. The maximum atomic E-state index is 6.25. The van der Waals surface area contributed by atoms with E-state index in [9.17, 15) is 0 Å². The second-order valence-electron chi connectivity index (χ2n) is 7.33. The Labute approximate surface area is 175 Å². The van der Waals surface area contributed by atoms with E-state index in [2.05, 4.69) is 84.2 Å². The average molecular weight is 397 g/mol. The Kier molecular flexibility index (Phi) is 4.79. The van der Waals surface area contributed by atoms with E-state index in [1.54, 1.807) is 0 Å². The van der Waals surface area contributed by atoms with Crippen molar-refractivity contribution < 1.29 is 0 Å². The highest BCUT2D eigenvalue weighted by atomic mass is 35.5. The minimum Gasteiger partial charge on any atom is -0.384 e. The van der Waals surface area contributed by atoms with Crippen LogP contribution >= 0.6 is 11.6 Å². The van der Waals surface area contributed by atoms with Crippen molar-refractivity contribution >= 4 is 39.5 Å². The van der Waals surface area contributed by atoms with Crippen molar-refractivity contribution in [2.45, 2.75) is 5.92 Å². The molecule has 0 saturated heterocycles. The van der Waals surface area contributed by atoms with Gasteiger partial charge in [0.15, 0.2) is 0 Å². The van der Waals surface area contributed by atoms with Crippen LogP contribution in [0.2, 0.25) is 0 Å². The summed E-state index contributed by atoms with van der Waals surface area (Å²) in [6.07, 6.45) is 0. The summed E-state index contributed by atoms with van der Waals surface area (Å²) in [6.45, 7) is 0.875. The van der Waals surface area contributed by atoms with Crippen molar-refractivity contribution in [2.75, 3.05) is 17.7 Å². The molecule has 1 aliphatic rings. The Hall–Kier alpha value is -3.10. The summed E-state index contributed by atoms with van der Waals surface area (Å²) in [7, 11) is 0. The maximum absolute atomic E-state index is 6.25. The van der Waals surface area contributed by atoms with Crippen LogP contribution in [0.1, 0.15) is 22.6 Å². The van der Waals surface area contributed by atoms with Gasteiger partial charge in [-0.15, -0.1) is 11.6 Å². The number of benzene rings is 4. The number of alkyl halides is 1. The molecule has 0 amide bonds. The number of halogens is 1. The molecule has 1 heterocycles. The van der Waals surface area contributed by atoms with Gasteiger partial charge in [0, 0.05) is 40.5 Å². The van der Waals surface area contributed by atoms with E-state index in [-0.39, 0.29) is 0 Å². The highest BCUT2D eigenvalue weighted by molar-refractivity contribution is 6.19. The highest BCUT2D eigenvalue weighted by Gasteiger charge is 2.25. The number of anilines is 1. The van der Waals surface area contributed by atoms with Gasteiger partial charge in [0.25, 0.3) is 0 Å². The molecule has 0 fully saturated rings. The lowest BCUT2D eigenvalue weighted by Gasteiger charge is -2.14. The molecule has 0 saturated carbocycles. The quantitative estimate of drug-likeness (QED) is 0.299. The van der Waals surface area contributed by atoms with Crippen LogP contribution in [0.15, 0.2) is 96.0 Å². The van der Waals surface area contributed by atoms with E-state index in [1.165, 1.54) is 10.9 Å². The Balaban J connectivity index is 1.76. The van der Waals surface area contributed by atoms with Crippen molar-refractivity contribution in [3.05, 3.63) is 108 Å². The fraction of sp³-hybridized carbons (Fsp3) is 0.115. The minimum absolute atomic E-state index is 0.331. The molecule has 1 N–H and O–H groups in total. The first-order chi connectivity index (χ1) is 14.3. The number of nitrogens with zero attached hydrogens (tertiary/aromatic N) is 1. The molecule has 0 bridgehead atoms. The van der Waals surface area contributed by atoms with Crippen molar-refractivity contribution in [2.24, 2.45) is 4.99 Å². The molecule has 0 aliphatic carbocycles. The van der Waals surface area contributed by atoms with Crippen molar-refractivity contribution in [1.29, 1.82) is 0 Å². The molecule has 0 unspecified atom stereocenters. The van der Waals surface area contributed by atoms with Crippen molar-refractivity contribution in [3.8, 4) is 0 Å². The zero-order chi connectivity index (χ0) is 19.6. The van der Waals surface area contributed by atoms with Gasteiger partial charge < -0.3 is 5.32 Å². The molecule has 1 atom stereocenters. The third kappa shape index (κ3) is 3.30. The van der Waals surface area contributed by atoms with E-state index >= 15 is 0 Å². The molecule has 142 valence electrons. The van der Waals surface area contributed by atoms with Gasteiger partial charge in [-0.25, -0.2) is 4.99 Å². The lowest BCUT2D eigenvalue weighted by atomic mass is 9.94. The van der Waals surface area contributed by atoms with Crippen LogP contribution in [-0.4, -0.2) is 18.1 Å². The number of hydrogen-bond donors (Lipinski definition) is 1. The number of rotatable bonds is 4. The number of fused-ring (bicyclic) bond motifs is 3. The van der Waals surface area contributed by atoms with Gasteiger partial charge in [0.05, 0.1) is 11.4 Å². The highest BCUT2D eigenvalue weighted by Crippen LogP contribution is 2.42. The van der Waals surface area contributed by atoms with Gasteiger partial charge in [0.1, 0.15) is 0 Å². The third-order valence-electron chi connectivity index (χ3n) is 5.52. The van der Waals surface area contributed by atoms with Gasteiger partial charge >= 0.3 is 0 Å². The largest absolute Gasteiger partial charge is 0.384 e. The lowest BCUT2D eigenvalue weighted by molar-refractivity contribution is 0.869. The fourth-order valence-corrected chi connectivity index (χ4v) is 4.40. The predicted molar refractivity (Wildman–Crippen MR) is 124 cm³/mol. The SMILES string of the molecule is ClC[C@@H]1CNc2cc(N=C(c3ccccc3)c3ccccc3)c3ccccc3c21. The molecule has 0 radical (unpaired) electrons. The van der Waals surface area contributed by atoms with E-state index in [0.717, 1.165) is 40.1 Å². The van der Waals surface area contributed by atoms with Gasteiger partial charge in [-0.1, -0.05) is 84.9 Å². The lowest BCUT2D eigenvalue weighted by Crippen LogP contribution is -2.03. The van der Waals surface area contributed by atoms with E-state index in [4.69, 9.17) is 16.6 Å². The van der Waals surface area contributed by atoms with Gasteiger partial charge in [0.2, 0.25) is 0 Å². The number of hydrogen-bond acceptors (Lipinski definition) is 2. The predicted octanol–water partition coefficient (Wildman–Crippen LogP) is 6.76. The topological polar surface area (TPSA) is 24.4 Å². The van der Waals surface area contributed by atoms with Crippen LogP contribution in [-0.2, 0) is 0 Å². The third-order valence-corrected chi connectivity index (χ3v) is 5.90. The van der Waals surface area contributed by atoms with E-state index < -0.39 is 0 Å². The molecule has 3 heteroatoms. The van der Waals surface area contributed by atoms with Gasteiger partial charge in [-0.2, -0.15) is 0 Å². The molecule has 29 heavy (non-hydrogen) atoms. The van der Waals surface area contributed by atoms with Crippen molar-refractivity contribution in [1.82, 2.24) is 0 Å². The van der Waals surface area contributed by atoms with Crippen molar-refractivity contribution in [3.63, 3.8) is 0 Å². The van der Waals surface area contributed by atoms with Crippen LogP contribution in [0.3, 0.4) is 0 Å². The monoisotopic (exact) mass is 396 g/mol. The Morgan fingerprint density at radius 3 is 2.03 bits per heavy atom. The molecule has 4 aromatic carbocycles. The van der Waals surface area contributed by atoms with Gasteiger partial charge in [-0.3, -0.25) is 0 Å². The Bertz CT molecular complexity index is 1140. The first-order valence-electron chi connectivity index (χ1n) is 9.90. The minimum atomic E-state index is 0.331. The summed E-state index contributed by atoms with van der Waals surface area (Å²) >= 11 is 6.25. The Morgan fingerprint density at radius 1 is 0.828 bits per heavy atom. The summed E-state index contributed by atoms with van der Waals surface area (Å²) in [4.78, 5) is 5.20. The van der Waals surface area contributed by atoms with Crippen LogP contribution in [0, 0.1) is 0 Å². The number of aliphatic imine (C=N–C) groups is 1. The van der Waals surface area contributed by atoms with Crippen LogP contribution in [0.25, 0.3) is 10.8 Å². The van der Waals surface area contributed by atoms with Crippen LogP contribution in [0.4, 0.5) is 11.4 Å². The Morgan fingerprint density at radius 2 is 1.41 bits per heavy atom. The summed E-state index contributed by atoms with van der Waals surface area (Å²) in [5, 5.41) is 5.93. The van der Waals surface area contributed by atoms with Crippen LogP contribution in [0.5, 0.6) is 0 Å². The average Bonchev–Trinajstić information content (AvgIpc) is 3.22. The molecule has 2 nitrogen and oxygen atoms in total. The first kappa shape index (κ1) is 18.0. The second-order valence-corrected chi connectivity index (χ2v) is 7.64. The normalized spacial score (nSPS) is 15.0. The molecule has 0 spiro atoms. The summed E-state index contributed by atoms with van der Waals surface area (Å²) in [5.74, 6) is 0.948. The van der Waals surface area contributed by atoms with E-state index in [0.29, 0.717) is 11.8 Å². The molecular formula is C26H21ClN2. The second kappa shape index (κ2) is 7.73.